The second-order valence-electron chi connectivity index (χ2n) is 15.3. The van der Waals surface area contributed by atoms with Gasteiger partial charge in [0.2, 0.25) is 12.1 Å². The average Bonchev–Trinajstić information content (AvgIpc) is 3.74. The van der Waals surface area contributed by atoms with Gasteiger partial charge in [0, 0.05) is 34.5 Å². The molecule has 3 fully saturated rings. The van der Waals surface area contributed by atoms with Crippen molar-refractivity contribution in [3.05, 3.63) is 60.0 Å². The molecule has 0 spiro atoms. The number of benzene rings is 1. The van der Waals surface area contributed by atoms with Gasteiger partial charge in [-0.2, -0.15) is 0 Å². The molecule has 6 heterocycles. The molecule has 0 radical (unpaired) electrons. The number of para-hydroxylation sites is 1. The Labute approximate surface area is 336 Å². The van der Waals surface area contributed by atoms with Crippen molar-refractivity contribution in [2.75, 3.05) is 33.0 Å². The Hall–Kier alpha value is -3.17. The predicted molar refractivity (Wildman–Crippen MR) is 195 cm³/mol. The number of carboxylic acids is 1. The van der Waals surface area contributed by atoms with Crippen LogP contribution in [0.3, 0.4) is 0 Å². The molecule has 0 aliphatic carbocycles. The Morgan fingerprint density at radius 3 is 2.22 bits per heavy atom. The van der Waals surface area contributed by atoms with E-state index in [0.29, 0.717) is 6.54 Å². The quantitative estimate of drug-likeness (QED) is 0.0805. The largest absolute Gasteiger partial charge is 0.478 e. The van der Waals surface area contributed by atoms with Gasteiger partial charge < -0.3 is 99.6 Å². The lowest BCUT2D eigenvalue weighted by atomic mass is 9.78. The topological polar surface area (TPSA) is 332 Å². The molecule has 7 rings (SSSR count). The van der Waals surface area contributed by atoms with Gasteiger partial charge in [-0.05, 0) is 31.0 Å². The fourth-order valence-corrected chi connectivity index (χ4v) is 8.75. The molecule has 5 aliphatic heterocycles. The molecule has 0 saturated carbocycles. The number of aromatic amines is 1. The Morgan fingerprint density at radius 2 is 1.56 bits per heavy atom. The third-order valence-electron chi connectivity index (χ3n) is 11.9. The van der Waals surface area contributed by atoms with E-state index in [1.165, 1.54) is 6.08 Å². The minimum Gasteiger partial charge on any atom is -0.478 e. The molecule has 1 aromatic carbocycles. The molecule has 21 nitrogen and oxygen atoms in total. The van der Waals surface area contributed by atoms with Gasteiger partial charge in [0.25, 0.3) is 0 Å². The maximum Gasteiger partial charge on any atom is 0.334 e. The SMILES string of the molecule is C=C[C@H]1[C@H](O[C@@H]2O[C@H](CO)[C@@H](O[C@@H]3[C@@H](O)[C@@H](O[C@]4(CO)O[C@H](CO)[C@@H](O)[C@@H]4O)O[C@H](CO)[C@H]3O)[C@H](O)[C@H]2O)OC=C(C(=O)O)[C@H]1C[C@@H]1NCCc2c1[nH]c1ccccc21. The average molecular weight is 841 g/mol. The molecule has 59 heavy (non-hydrogen) atoms. The molecule has 21 heteroatoms. The van der Waals surface area contributed by atoms with E-state index in [-0.39, 0.29) is 18.0 Å². The maximum atomic E-state index is 12.5. The van der Waals surface area contributed by atoms with E-state index in [0.717, 1.165) is 34.8 Å². The first kappa shape index (κ1) is 43.9. The van der Waals surface area contributed by atoms with Crippen LogP contribution in [-0.2, 0) is 44.4 Å². The highest BCUT2D eigenvalue weighted by Gasteiger charge is 2.59. The van der Waals surface area contributed by atoms with Crippen molar-refractivity contribution < 1.29 is 94.1 Å². The van der Waals surface area contributed by atoms with E-state index in [9.17, 15) is 61.0 Å². The number of carboxylic acid groups (broad SMARTS) is 1. The van der Waals surface area contributed by atoms with Crippen molar-refractivity contribution >= 4 is 16.9 Å². The highest BCUT2D eigenvalue weighted by molar-refractivity contribution is 5.87. The lowest BCUT2D eigenvalue weighted by Crippen LogP contribution is -2.67. The van der Waals surface area contributed by atoms with Gasteiger partial charge in [-0.25, -0.2) is 4.79 Å². The molecule has 18 atom stereocenters. The number of carbonyl (C=O) groups is 1. The van der Waals surface area contributed by atoms with Gasteiger partial charge in [-0.3, -0.25) is 0 Å². The Balaban J connectivity index is 1.07. The Bertz CT molecular complexity index is 1810. The maximum absolute atomic E-state index is 12.5. The normalized spacial score (nSPS) is 42.5. The summed E-state index contributed by atoms with van der Waals surface area (Å²) < 4.78 is 40.0. The highest BCUT2D eigenvalue weighted by atomic mass is 16.8. The summed E-state index contributed by atoms with van der Waals surface area (Å²) in [7, 11) is 0. The molecular formula is C38H52N2O19. The molecule has 13 N–H and O–H groups in total. The first-order valence-corrected chi connectivity index (χ1v) is 19.3. The predicted octanol–water partition coefficient (Wildman–Crippen LogP) is -4.05. The van der Waals surface area contributed by atoms with Gasteiger partial charge in [0.1, 0.15) is 73.8 Å². The minimum absolute atomic E-state index is 0.0491. The van der Waals surface area contributed by atoms with Crippen LogP contribution in [0.15, 0.2) is 48.8 Å². The van der Waals surface area contributed by atoms with E-state index in [1.54, 1.807) is 0 Å². The smallest absolute Gasteiger partial charge is 0.334 e. The lowest BCUT2D eigenvalue weighted by Gasteiger charge is -2.48. The van der Waals surface area contributed by atoms with Crippen LogP contribution >= 0.6 is 0 Å². The summed E-state index contributed by atoms with van der Waals surface area (Å²) in [6.45, 7) is 0.892. The van der Waals surface area contributed by atoms with Crippen LogP contribution in [-0.4, -0.2) is 192 Å². The number of ether oxygens (including phenoxy) is 7. The third-order valence-corrected chi connectivity index (χ3v) is 11.9. The van der Waals surface area contributed by atoms with Gasteiger partial charge in [0.15, 0.2) is 12.6 Å². The number of hydrogen-bond donors (Lipinski definition) is 13. The van der Waals surface area contributed by atoms with Crippen LogP contribution in [0.5, 0.6) is 0 Å². The molecule has 1 aromatic heterocycles. The van der Waals surface area contributed by atoms with Crippen LogP contribution in [0.25, 0.3) is 10.9 Å². The molecule has 3 saturated heterocycles. The van der Waals surface area contributed by atoms with Crippen LogP contribution in [0.4, 0.5) is 0 Å². The second kappa shape index (κ2) is 18.0. The minimum atomic E-state index is -2.45. The van der Waals surface area contributed by atoms with E-state index in [4.69, 9.17) is 33.2 Å². The molecular weight excluding hydrogens is 788 g/mol. The van der Waals surface area contributed by atoms with Crippen molar-refractivity contribution in [3.63, 3.8) is 0 Å². The summed E-state index contributed by atoms with van der Waals surface area (Å²) in [5, 5.41) is 121. The van der Waals surface area contributed by atoms with Crippen LogP contribution in [0, 0.1) is 11.8 Å². The monoisotopic (exact) mass is 840 g/mol. The van der Waals surface area contributed by atoms with Crippen molar-refractivity contribution in [2.24, 2.45) is 11.8 Å². The van der Waals surface area contributed by atoms with E-state index in [1.807, 2.05) is 24.3 Å². The van der Waals surface area contributed by atoms with Gasteiger partial charge >= 0.3 is 5.97 Å². The van der Waals surface area contributed by atoms with Crippen molar-refractivity contribution in [1.82, 2.24) is 10.3 Å². The summed E-state index contributed by atoms with van der Waals surface area (Å²) in [6, 6.07) is 7.57. The fourth-order valence-electron chi connectivity index (χ4n) is 8.75. The standard InChI is InChI=1S/C38H52N2O19/c1-2-15-18(9-21-25-17(7-8-39-21)16-5-3-4-6-20(16)40-25)19(34(51)52)13-53-35(15)57-36-29(48)28(47)31(24(12-43)55-36)56-32-26(45)22(10-41)54-37(30(32)49)59-38(14-44)33(50)27(46)23(11-42)58-38/h2-6,13,15,18,21-24,26-33,35-37,39-50H,1,7-12,14H2,(H,51,52)/t15-,18+,21+,22-,23-,24-,26-,27-,28-,29-,30-,31-,32+,33+,35+,36+,37-,38+/m1/s1. The summed E-state index contributed by atoms with van der Waals surface area (Å²) >= 11 is 0. The third kappa shape index (κ3) is 8.06. The fraction of sp³-hybridized carbons (Fsp3) is 0.658. The van der Waals surface area contributed by atoms with Gasteiger partial charge in [-0.1, -0.05) is 24.3 Å². The van der Waals surface area contributed by atoms with Gasteiger partial charge in [0.05, 0.1) is 31.7 Å². The molecule has 0 bridgehead atoms. The van der Waals surface area contributed by atoms with Gasteiger partial charge in [-0.15, -0.1) is 6.58 Å². The zero-order chi connectivity index (χ0) is 42.3. The summed E-state index contributed by atoms with van der Waals surface area (Å²) in [6.07, 6.45) is -21.0. The molecule has 0 amide bonds. The van der Waals surface area contributed by atoms with Crippen molar-refractivity contribution in [3.8, 4) is 0 Å². The van der Waals surface area contributed by atoms with E-state index in [2.05, 4.69) is 16.9 Å². The number of aliphatic hydroxyl groups is 10. The first-order valence-electron chi connectivity index (χ1n) is 19.3. The summed E-state index contributed by atoms with van der Waals surface area (Å²) in [5.41, 5.74) is 2.95. The van der Waals surface area contributed by atoms with E-state index < -0.39 is 136 Å². The zero-order valence-corrected chi connectivity index (χ0v) is 31.6. The van der Waals surface area contributed by atoms with Crippen LogP contribution in [0.2, 0.25) is 0 Å². The molecule has 5 aliphatic rings. The Morgan fingerprint density at radius 1 is 0.847 bits per heavy atom. The Kier molecular flexibility index (Phi) is 13.4. The number of nitrogens with one attached hydrogen (secondary N) is 2. The second-order valence-corrected chi connectivity index (χ2v) is 15.3. The number of aliphatic carboxylic acids is 1. The number of aliphatic hydroxyl groups excluding tert-OH is 10. The number of rotatable bonds is 14. The number of fused-ring (bicyclic) bond motifs is 3. The van der Waals surface area contributed by atoms with E-state index >= 15 is 0 Å². The molecule has 328 valence electrons. The molecule has 0 unspecified atom stereocenters. The van der Waals surface area contributed by atoms with Crippen molar-refractivity contribution in [2.45, 2.75) is 111 Å². The van der Waals surface area contributed by atoms with Crippen molar-refractivity contribution in [1.29, 1.82) is 0 Å². The zero-order valence-electron chi connectivity index (χ0n) is 31.6. The highest BCUT2D eigenvalue weighted by Crippen LogP contribution is 2.43. The summed E-state index contributed by atoms with van der Waals surface area (Å²) in [4.78, 5) is 16.0. The van der Waals surface area contributed by atoms with Crippen LogP contribution < -0.4 is 5.32 Å². The lowest BCUT2D eigenvalue weighted by molar-refractivity contribution is -0.396. The van der Waals surface area contributed by atoms with Crippen LogP contribution in [0.1, 0.15) is 23.7 Å². The molecule has 2 aromatic rings. The first-order chi connectivity index (χ1) is 28.3. The summed E-state index contributed by atoms with van der Waals surface area (Å²) in [5.74, 6) is -5.26. The number of H-pyrrole nitrogens is 1. The number of hydrogen-bond acceptors (Lipinski definition) is 19. The number of aromatic nitrogens is 1.